The van der Waals surface area contributed by atoms with E-state index in [1.54, 1.807) is 12.1 Å². The first-order chi connectivity index (χ1) is 7.68. The molecule has 3 nitrogen and oxygen atoms in total. The van der Waals surface area contributed by atoms with Gasteiger partial charge in [-0.3, -0.25) is 0 Å². The van der Waals surface area contributed by atoms with Crippen LogP contribution in [0.2, 0.25) is 5.02 Å². The Bertz CT molecular complexity index is 369. The maximum absolute atomic E-state index is 13.0. The predicted molar refractivity (Wildman–Crippen MR) is 60.9 cm³/mol. The molecule has 88 valence electrons. The Kier molecular flexibility index (Phi) is 3.76. The zero-order chi connectivity index (χ0) is 11.5. The predicted octanol–water partition coefficient (Wildman–Crippen LogP) is 1.47. The van der Waals surface area contributed by atoms with E-state index >= 15 is 0 Å². The summed E-state index contributed by atoms with van der Waals surface area (Å²) in [6, 6.07) is 4.24. The average Bonchev–Trinajstić information content (AvgIpc) is 2.33. The van der Waals surface area contributed by atoms with Gasteiger partial charge in [0.2, 0.25) is 0 Å². The number of halogens is 2. The minimum Gasteiger partial charge on any atom is -0.374 e. The van der Waals surface area contributed by atoms with Crippen LogP contribution in [0, 0.1) is 5.82 Å². The third-order valence-corrected chi connectivity index (χ3v) is 2.98. The van der Waals surface area contributed by atoms with E-state index in [9.17, 15) is 4.39 Å². The van der Waals surface area contributed by atoms with Crippen LogP contribution in [0.1, 0.15) is 11.6 Å². The van der Waals surface area contributed by atoms with Crippen molar-refractivity contribution >= 4 is 11.6 Å². The Balaban J connectivity index is 2.12. The van der Waals surface area contributed by atoms with Crippen LogP contribution in [0.4, 0.5) is 4.39 Å². The lowest BCUT2D eigenvalue weighted by Gasteiger charge is -2.28. The van der Waals surface area contributed by atoms with Crippen molar-refractivity contribution in [1.29, 1.82) is 0 Å². The first-order valence-electron chi connectivity index (χ1n) is 5.21. The van der Waals surface area contributed by atoms with Gasteiger partial charge in [-0.25, -0.2) is 4.39 Å². The van der Waals surface area contributed by atoms with Gasteiger partial charge in [0.25, 0.3) is 0 Å². The number of morpholine rings is 1. The highest BCUT2D eigenvalue weighted by molar-refractivity contribution is 6.30. The van der Waals surface area contributed by atoms with Crippen molar-refractivity contribution in [3.05, 3.63) is 34.6 Å². The third-order valence-electron chi connectivity index (χ3n) is 2.69. The molecule has 1 saturated heterocycles. The van der Waals surface area contributed by atoms with E-state index in [0.29, 0.717) is 13.2 Å². The highest BCUT2D eigenvalue weighted by Crippen LogP contribution is 2.23. The molecule has 1 aliphatic rings. The fourth-order valence-electron chi connectivity index (χ4n) is 1.75. The zero-order valence-electron chi connectivity index (χ0n) is 8.75. The third kappa shape index (κ3) is 2.52. The number of hydrogen-bond donors (Lipinski definition) is 2. The number of hydrogen-bond acceptors (Lipinski definition) is 3. The van der Waals surface area contributed by atoms with Crippen molar-refractivity contribution in [2.24, 2.45) is 5.73 Å². The summed E-state index contributed by atoms with van der Waals surface area (Å²) in [4.78, 5) is 0. The summed E-state index contributed by atoms with van der Waals surface area (Å²) in [5.74, 6) is -0.430. The zero-order valence-corrected chi connectivity index (χ0v) is 9.51. The van der Waals surface area contributed by atoms with E-state index in [1.165, 1.54) is 6.07 Å². The molecule has 0 radical (unpaired) electrons. The molecular weight excluding hydrogens is 231 g/mol. The molecule has 1 fully saturated rings. The molecule has 3 N–H and O–H groups in total. The molecule has 2 unspecified atom stereocenters. The molecule has 0 aliphatic carbocycles. The van der Waals surface area contributed by atoms with E-state index in [4.69, 9.17) is 22.1 Å². The molecule has 2 rings (SSSR count). The van der Waals surface area contributed by atoms with Crippen LogP contribution in [0.15, 0.2) is 18.2 Å². The summed E-state index contributed by atoms with van der Waals surface area (Å²) < 4.78 is 18.5. The topological polar surface area (TPSA) is 47.3 Å². The first-order valence-corrected chi connectivity index (χ1v) is 5.59. The molecule has 0 aromatic heterocycles. The van der Waals surface area contributed by atoms with Gasteiger partial charge in [0.1, 0.15) is 5.82 Å². The van der Waals surface area contributed by atoms with E-state index in [1.807, 2.05) is 0 Å². The molecule has 0 spiro atoms. The van der Waals surface area contributed by atoms with E-state index in [-0.39, 0.29) is 17.2 Å². The van der Waals surface area contributed by atoms with Crippen molar-refractivity contribution in [1.82, 2.24) is 5.32 Å². The summed E-state index contributed by atoms with van der Waals surface area (Å²) in [5, 5.41) is 3.29. The van der Waals surface area contributed by atoms with E-state index in [0.717, 1.165) is 12.1 Å². The minimum absolute atomic E-state index is 0.0877. The first kappa shape index (κ1) is 11.8. The van der Waals surface area contributed by atoms with E-state index < -0.39 is 5.82 Å². The summed E-state index contributed by atoms with van der Waals surface area (Å²) in [5.41, 5.74) is 6.83. The van der Waals surface area contributed by atoms with Crippen LogP contribution in [-0.2, 0) is 4.74 Å². The normalized spacial score (nSPS) is 23.1. The van der Waals surface area contributed by atoms with Gasteiger partial charge >= 0.3 is 0 Å². The SMILES string of the molecule is NC(c1ccc(F)c(Cl)c1)C1CNCCO1. The van der Waals surface area contributed by atoms with Crippen LogP contribution in [-0.4, -0.2) is 25.8 Å². The Labute approximate surface area is 98.7 Å². The second-order valence-electron chi connectivity index (χ2n) is 3.81. The maximum Gasteiger partial charge on any atom is 0.141 e. The van der Waals surface area contributed by atoms with Gasteiger partial charge in [-0.1, -0.05) is 17.7 Å². The number of ether oxygens (including phenoxy) is 1. The van der Waals surface area contributed by atoms with E-state index in [2.05, 4.69) is 5.32 Å². The number of nitrogens with two attached hydrogens (primary N) is 1. The maximum atomic E-state index is 13.0. The molecule has 16 heavy (non-hydrogen) atoms. The van der Waals surface area contributed by atoms with Crippen LogP contribution < -0.4 is 11.1 Å². The monoisotopic (exact) mass is 244 g/mol. The second-order valence-corrected chi connectivity index (χ2v) is 4.22. The largest absolute Gasteiger partial charge is 0.374 e. The Morgan fingerprint density at radius 2 is 2.38 bits per heavy atom. The standard InChI is InChI=1S/C11H14ClFN2O/c12-8-5-7(1-2-9(8)13)11(14)10-6-15-3-4-16-10/h1-2,5,10-11,15H,3-4,6,14H2. The lowest BCUT2D eigenvalue weighted by Crippen LogP contribution is -2.44. The Morgan fingerprint density at radius 3 is 3.00 bits per heavy atom. The summed E-state index contributed by atoms with van der Waals surface area (Å²) in [6.07, 6.45) is -0.0877. The smallest absolute Gasteiger partial charge is 0.141 e. The van der Waals surface area contributed by atoms with Crippen molar-refractivity contribution in [3.8, 4) is 0 Å². The molecule has 1 heterocycles. The molecule has 0 saturated carbocycles. The average molecular weight is 245 g/mol. The van der Waals surface area contributed by atoms with Crippen LogP contribution in [0.25, 0.3) is 0 Å². The van der Waals surface area contributed by atoms with Crippen LogP contribution >= 0.6 is 11.6 Å². The van der Waals surface area contributed by atoms with Gasteiger partial charge in [-0.2, -0.15) is 0 Å². The quantitative estimate of drug-likeness (QED) is 0.828. The molecule has 2 atom stereocenters. The summed E-state index contributed by atoms with van der Waals surface area (Å²) >= 11 is 5.71. The van der Waals surface area contributed by atoms with Crippen molar-refractivity contribution in [2.45, 2.75) is 12.1 Å². The number of nitrogens with one attached hydrogen (secondary N) is 1. The van der Waals surface area contributed by atoms with Gasteiger partial charge in [0.05, 0.1) is 23.8 Å². The van der Waals surface area contributed by atoms with Gasteiger partial charge < -0.3 is 15.8 Å². The lowest BCUT2D eigenvalue weighted by atomic mass is 10.0. The highest BCUT2D eigenvalue weighted by Gasteiger charge is 2.22. The van der Waals surface area contributed by atoms with Gasteiger partial charge in [-0.15, -0.1) is 0 Å². The molecule has 0 bridgehead atoms. The number of rotatable bonds is 2. The van der Waals surface area contributed by atoms with Gasteiger partial charge in [-0.05, 0) is 17.7 Å². The van der Waals surface area contributed by atoms with Crippen molar-refractivity contribution in [3.63, 3.8) is 0 Å². The second kappa shape index (κ2) is 5.10. The Hall–Kier alpha value is -0.680. The summed E-state index contributed by atoms with van der Waals surface area (Å²) in [6.45, 7) is 2.19. The minimum atomic E-state index is -0.430. The molecule has 1 aliphatic heterocycles. The fraction of sp³-hybridized carbons (Fsp3) is 0.455. The Morgan fingerprint density at radius 1 is 1.56 bits per heavy atom. The molecule has 0 amide bonds. The van der Waals surface area contributed by atoms with Crippen LogP contribution in [0.5, 0.6) is 0 Å². The summed E-state index contributed by atoms with van der Waals surface area (Å²) in [7, 11) is 0. The van der Waals surface area contributed by atoms with Gasteiger partial charge in [0, 0.05) is 13.1 Å². The molecule has 1 aromatic rings. The number of benzene rings is 1. The fourth-order valence-corrected chi connectivity index (χ4v) is 1.94. The van der Waals surface area contributed by atoms with Crippen molar-refractivity contribution < 1.29 is 9.13 Å². The molecule has 5 heteroatoms. The highest BCUT2D eigenvalue weighted by atomic mass is 35.5. The molecular formula is C11H14ClFN2O. The van der Waals surface area contributed by atoms with Crippen LogP contribution in [0.3, 0.4) is 0 Å². The molecule has 1 aromatic carbocycles. The van der Waals surface area contributed by atoms with Crippen molar-refractivity contribution in [2.75, 3.05) is 19.7 Å². The van der Waals surface area contributed by atoms with Gasteiger partial charge in [0.15, 0.2) is 0 Å². The lowest BCUT2D eigenvalue weighted by molar-refractivity contribution is 0.0122.